The van der Waals surface area contributed by atoms with Crippen LogP contribution in [0.5, 0.6) is 0 Å². The first-order valence-corrected chi connectivity index (χ1v) is 13.9. The molecule has 2 aromatic carbocycles. The molecule has 0 saturated heterocycles. The van der Waals surface area contributed by atoms with Gasteiger partial charge in [-0.25, -0.2) is 13.2 Å². The summed E-state index contributed by atoms with van der Waals surface area (Å²) in [4.78, 5) is 12.0. The maximum atomic E-state index is 12.2. The Morgan fingerprint density at radius 2 is 1.79 bits per heavy atom. The predicted molar refractivity (Wildman–Crippen MR) is 135 cm³/mol. The van der Waals surface area contributed by atoms with Crippen molar-refractivity contribution in [2.75, 3.05) is 37.1 Å². The van der Waals surface area contributed by atoms with Gasteiger partial charge in [0.1, 0.15) is 6.61 Å². The first-order chi connectivity index (χ1) is 16.0. The molecule has 0 radical (unpaired) electrons. The Balaban J connectivity index is 1.42. The SMILES string of the molecule is C=CC(=O)OCCOCCS(=O)(=O)CCSc1ccc(C2=Cc3ccccc3CCC2)cc1. The topological polar surface area (TPSA) is 69.7 Å². The summed E-state index contributed by atoms with van der Waals surface area (Å²) < 4.78 is 34.4. The van der Waals surface area contributed by atoms with E-state index in [0.29, 0.717) is 5.75 Å². The number of thioether (sulfide) groups is 1. The molecule has 0 fully saturated rings. The van der Waals surface area contributed by atoms with E-state index in [9.17, 15) is 13.2 Å². The summed E-state index contributed by atoms with van der Waals surface area (Å²) in [5.74, 6) is 0.0233. The van der Waals surface area contributed by atoms with E-state index in [0.717, 1.165) is 30.2 Å². The van der Waals surface area contributed by atoms with E-state index in [1.807, 2.05) is 0 Å². The molecule has 33 heavy (non-hydrogen) atoms. The van der Waals surface area contributed by atoms with Gasteiger partial charge in [0.25, 0.3) is 0 Å². The van der Waals surface area contributed by atoms with Gasteiger partial charge in [0.2, 0.25) is 0 Å². The second-order valence-corrected chi connectivity index (χ2v) is 11.2. The van der Waals surface area contributed by atoms with Gasteiger partial charge in [-0.15, -0.1) is 11.8 Å². The lowest BCUT2D eigenvalue weighted by Crippen LogP contribution is -2.18. The smallest absolute Gasteiger partial charge is 0.330 e. The van der Waals surface area contributed by atoms with Gasteiger partial charge < -0.3 is 9.47 Å². The third-order valence-corrected chi connectivity index (χ3v) is 8.23. The quantitative estimate of drug-likeness (QED) is 0.185. The minimum atomic E-state index is -3.20. The normalized spacial score (nSPS) is 13.5. The van der Waals surface area contributed by atoms with Crippen molar-refractivity contribution in [3.63, 3.8) is 0 Å². The van der Waals surface area contributed by atoms with E-state index in [-0.39, 0.29) is 31.3 Å². The van der Waals surface area contributed by atoms with Crippen LogP contribution in [0.1, 0.15) is 29.5 Å². The fourth-order valence-corrected chi connectivity index (χ4v) is 6.05. The van der Waals surface area contributed by atoms with Gasteiger partial charge in [-0.05, 0) is 53.7 Å². The summed E-state index contributed by atoms with van der Waals surface area (Å²) >= 11 is 1.54. The van der Waals surface area contributed by atoms with E-state index in [1.54, 1.807) is 11.8 Å². The zero-order valence-corrected chi connectivity index (χ0v) is 20.3. The molecule has 7 heteroatoms. The highest BCUT2D eigenvalue weighted by atomic mass is 32.2. The van der Waals surface area contributed by atoms with Crippen molar-refractivity contribution in [2.45, 2.75) is 24.2 Å². The zero-order chi connectivity index (χ0) is 23.5. The molecule has 0 aromatic heterocycles. The third kappa shape index (κ3) is 8.50. The lowest BCUT2D eigenvalue weighted by atomic mass is 10.0. The fraction of sp³-hybridized carbons (Fsp3) is 0.346. The van der Waals surface area contributed by atoms with E-state index < -0.39 is 15.8 Å². The standard InChI is InChI=1S/C26H30O5S2/c1-2-26(27)31-15-14-30-16-18-33(28,29)19-17-32-25-12-10-22(11-13-25)24-9-5-8-21-6-3-4-7-23(21)20-24/h2-4,6-7,10-13,20H,1,5,8-9,14-19H2. The van der Waals surface area contributed by atoms with Crippen molar-refractivity contribution in [1.29, 1.82) is 0 Å². The highest BCUT2D eigenvalue weighted by Gasteiger charge is 2.12. The van der Waals surface area contributed by atoms with Gasteiger partial charge in [0.05, 0.1) is 24.7 Å². The van der Waals surface area contributed by atoms with Gasteiger partial charge in [0, 0.05) is 16.7 Å². The van der Waals surface area contributed by atoms with Crippen molar-refractivity contribution in [2.24, 2.45) is 0 Å². The fourth-order valence-electron chi connectivity index (χ4n) is 3.56. The van der Waals surface area contributed by atoms with Gasteiger partial charge >= 0.3 is 5.97 Å². The molecular formula is C26H30O5S2. The molecule has 0 unspecified atom stereocenters. The highest BCUT2D eigenvalue weighted by molar-refractivity contribution is 8.00. The average Bonchev–Trinajstić information content (AvgIpc) is 3.04. The maximum absolute atomic E-state index is 12.2. The molecule has 0 aliphatic heterocycles. The second kappa shape index (κ2) is 12.8. The largest absolute Gasteiger partial charge is 0.460 e. The van der Waals surface area contributed by atoms with E-state index in [1.165, 1.54) is 22.3 Å². The van der Waals surface area contributed by atoms with Crippen molar-refractivity contribution in [3.05, 3.63) is 77.9 Å². The molecule has 2 aromatic rings. The van der Waals surface area contributed by atoms with Crippen molar-refractivity contribution in [1.82, 2.24) is 0 Å². The van der Waals surface area contributed by atoms with Gasteiger partial charge in [0.15, 0.2) is 9.84 Å². The number of rotatable bonds is 12. The number of sulfone groups is 1. The number of ether oxygens (including phenoxy) is 2. The second-order valence-electron chi connectivity index (χ2n) is 7.73. The molecule has 0 N–H and O–H groups in total. The number of esters is 1. The average molecular weight is 487 g/mol. The molecule has 0 spiro atoms. The van der Waals surface area contributed by atoms with Crippen LogP contribution in [0.2, 0.25) is 0 Å². The molecule has 0 saturated carbocycles. The van der Waals surface area contributed by atoms with E-state index in [2.05, 4.69) is 61.2 Å². The van der Waals surface area contributed by atoms with Gasteiger partial charge in [-0.2, -0.15) is 0 Å². The summed E-state index contributed by atoms with van der Waals surface area (Å²) in [6, 6.07) is 17.0. The summed E-state index contributed by atoms with van der Waals surface area (Å²) in [6.45, 7) is 3.63. The monoisotopic (exact) mass is 486 g/mol. The van der Waals surface area contributed by atoms with E-state index in [4.69, 9.17) is 9.47 Å². The van der Waals surface area contributed by atoms with Gasteiger partial charge in [-0.1, -0.05) is 49.1 Å². The van der Waals surface area contributed by atoms with E-state index >= 15 is 0 Å². The first kappa shape index (κ1) is 25.3. The number of allylic oxidation sites excluding steroid dienone is 1. The van der Waals surface area contributed by atoms with Crippen LogP contribution in [0, 0.1) is 0 Å². The summed E-state index contributed by atoms with van der Waals surface area (Å²) in [7, 11) is -3.20. The molecular weight excluding hydrogens is 456 g/mol. The van der Waals surface area contributed by atoms with Crippen LogP contribution >= 0.6 is 11.8 Å². The number of aryl methyl sites for hydroxylation is 1. The number of carbonyl (C=O) groups is 1. The summed E-state index contributed by atoms with van der Waals surface area (Å²) in [5.41, 5.74) is 5.27. The molecule has 0 bridgehead atoms. The highest BCUT2D eigenvalue weighted by Crippen LogP contribution is 2.30. The maximum Gasteiger partial charge on any atom is 0.330 e. The number of carbonyl (C=O) groups excluding carboxylic acids is 1. The predicted octanol–water partition coefficient (Wildman–Crippen LogP) is 4.82. The molecule has 0 amide bonds. The lowest BCUT2D eigenvalue weighted by molar-refractivity contribution is -0.139. The number of benzene rings is 2. The van der Waals surface area contributed by atoms with Crippen LogP contribution in [0.15, 0.2) is 66.1 Å². The first-order valence-electron chi connectivity index (χ1n) is 11.1. The Hall–Kier alpha value is -2.35. The van der Waals surface area contributed by atoms with Crippen LogP contribution in [-0.2, 0) is 30.5 Å². The summed E-state index contributed by atoms with van der Waals surface area (Å²) in [5, 5.41) is 0. The molecule has 3 rings (SSSR count). The Morgan fingerprint density at radius 3 is 2.58 bits per heavy atom. The minimum absolute atomic E-state index is 0.0441. The molecule has 5 nitrogen and oxygen atoms in total. The Bertz CT molecular complexity index is 1070. The van der Waals surface area contributed by atoms with Gasteiger partial charge in [-0.3, -0.25) is 0 Å². The minimum Gasteiger partial charge on any atom is -0.460 e. The number of hydrogen-bond acceptors (Lipinski definition) is 6. The number of hydrogen-bond donors (Lipinski definition) is 0. The van der Waals surface area contributed by atoms with Crippen LogP contribution in [-0.4, -0.2) is 51.5 Å². The van der Waals surface area contributed by atoms with Crippen molar-refractivity contribution >= 4 is 39.2 Å². The van der Waals surface area contributed by atoms with Crippen molar-refractivity contribution < 1.29 is 22.7 Å². The molecule has 1 aliphatic carbocycles. The van der Waals surface area contributed by atoms with Crippen LogP contribution in [0.25, 0.3) is 11.6 Å². The Labute approximate surface area is 200 Å². The Kier molecular flexibility index (Phi) is 9.78. The van der Waals surface area contributed by atoms with Crippen LogP contribution in [0.4, 0.5) is 0 Å². The molecule has 1 aliphatic rings. The molecule has 176 valence electrons. The number of fused-ring (bicyclic) bond motifs is 1. The lowest BCUT2D eigenvalue weighted by Gasteiger charge is -2.08. The van der Waals surface area contributed by atoms with Crippen molar-refractivity contribution in [3.8, 4) is 0 Å². The van der Waals surface area contributed by atoms with Crippen LogP contribution in [0.3, 0.4) is 0 Å². The van der Waals surface area contributed by atoms with Crippen LogP contribution < -0.4 is 0 Å². The third-order valence-electron chi connectivity index (χ3n) is 5.34. The molecule has 0 atom stereocenters. The summed E-state index contributed by atoms with van der Waals surface area (Å²) in [6.07, 6.45) is 6.66. The zero-order valence-electron chi connectivity index (χ0n) is 18.7. The Morgan fingerprint density at radius 1 is 1.00 bits per heavy atom. The molecule has 0 heterocycles.